The standard InChI is InChI=1S/C18H28O.C2H6O/c1-11-8-15-16(13(3)14(11)10-19)18(6,7)12(2)9-17(15,4)5;1-2-3/h8,12,19H,9-10H2,1-7H3;3H,2H2,1H3. The highest BCUT2D eigenvalue weighted by Crippen LogP contribution is 2.51. The fourth-order valence-electron chi connectivity index (χ4n) is 4.01. The molecule has 0 bridgehead atoms. The zero-order valence-electron chi connectivity index (χ0n) is 15.7. The van der Waals surface area contributed by atoms with Gasteiger partial charge in [-0.3, -0.25) is 0 Å². The van der Waals surface area contributed by atoms with Gasteiger partial charge in [0, 0.05) is 6.61 Å². The lowest BCUT2D eigenvalue weighted by atomic mass is 9.57. The summed E-state index contributed by atoms with van der Waals surface area (Å²) in [5, 5.41) is 17.2. The highest BCUT2D eigenvalue weighted by Gasteiger charge is 2.43. The lowest BCUT2D eigenvalue weighted by molar-refractivity contribution is 0.230. The van der Waals surface area contributed by atoms with E-state index >= 15 is 0 Å². The maximum Gasteiger partial charge on any atom is 0.0687 e. The molecule has 126 valence electrons. The van der Waals surface area contributed by atoms with E-state index in [-0.39, 0.29) is 24.0 Å². The predicted octanol–water partition coefficient (Wildman–Crippen LogP) is 4.39. The van der Waals surface area contributed by atoms with E-state index in [2.05, 4.69) is 54.5 Å². The smallest absolute Gasteiger partial charge is 0.0687 e. The van der Waals surface area contributed by atoms with Gasteiger partial charge in [0.25, 0.3) is 0 Å². The van der Waals surface area contributed by atoms with Crippen LogP contribution < -0.4 is 0 Å². The first-order chi connectivity index (χ1) is 10.0. The number of hydrogen-bond donors (Lipinski definition) is 2. The number of aryl methyl sites for hydroxylation is 1. The van der Waals surface area contributed by atoms with Crippen molar-refractivity contribution in [2.45, 2.75) is 79.2 Å². The van der Waals surface area contributed by atoms with E-state index in [4.69, 9.17) is 5.11 Å². The van der Waals surface area contributed by atoms with Gasteiger partial charge in [-0.1, -0.05) is 40.7 Å². The molecule has 1 unspecified atom stereocenters. The Morgan fingerprint density at radius 3 is 2.09 bits per heavy atom. The minimum absolute atomic E-state index is 0.149. The average Bonchev–Trinajstić information content (AvgIpc) is 2.37. The topological polar surface area (TPSA) is 40.5 Å². The molecule has 0 amide bonds. The van der Waals surface area contributed by atoms with Crippen LogP contribution in [-0.4, -0.2) is 16.8 Å². The first-order valence-electron chi connectivity index (χ1n) is 8.40. The first kappa shape index (κ1) is 19.2. The zero-order valence-corrected chi connectivity index (χ0v) is 15.7. The third kappa shape index (κ3) is 3.23. The van der Waals surface area contributed by atoms with Crippen molar-refractivity contribution >= 4 is 0 Å². The maximum atomic E-state index is 9.67. The van der Waals surface area contributed by atoms with Crippen molar-refractivity contribution in [1.29, 1.82) is 0 Å². The van der Waals surface area contributed by atoms with E-state index < -0.39 is 0 Å². The van der Waals surface area contributed by atoms with E-state index in [0.29, 0.717) is 5.92 Å². The fraction of sp³-hybridized carbons (Fsp3) is 0.700. The van der Waals surface area contributed by atoms with Crippen molar-refractivity contribution in [2.24, 2.45) is 5.92 Å². The molecule has 0 aromatic heterocycles. The third-order valence-corrected chi connectivity index (χ3v) is 5.51. The van der Waals surface area contributed by atoms with Gasteiger partial charge in [0.15, 0.2) is 0 Å². The summed E-state index contributed by atoms with van der Waals surface area (Å²) in [6, 6.07) is 2.32. The highest BCUT2D eigenvalue weighted by molar-refractivity contribution is 5.52. The number of hydrogen-bond acceptors (Lipinski definition) is 2. The number of fused-ring (bicyclic) bond motifs is 1. The summed E-state index contributed by atoms with van der Waals surface area (Å²) in [6.07, 6.45) is 1.23. The van der Waals surface area contributed by atoms with Crippen LogP contribution in [0.2, 0.25) is 0 Å². The Hall–Kier alpha value is -0.860. The SMILES string of the molecule is CCO.Cc1cc2c(c(C)c1CO)C(C)(C)C(C)CC2(C)C. The summed E-state index contributed by atoms with van der Waals surface area (Å²) in [7, 11) is 0. The quantitative estimate of drug-likeness (QED) is 0.808. The van der Waals surface area contributed by atoms with Crippen LogP contribution in [0.3, 0.4) is 0 Å². The van der Waals surface area contributed by atoms with Gasteiger partial charge in [0.1, 0.15) is 0 Å². The first-order valence-corrected chi connectivity index (χ1v) is 8.40. The molecule has 0 aliphatic heterocycles. The van der Waals surface area contributed by atoms with Gasteiger partial charge >= 0.3 is 0 Å². The molecule has 0 fully saturated rings. The van der Waals surface area contributed by atoms with E-state index in [1.165, 1.54) is 28.7 Å². The maximum absolute atomic E-state index is 9.67. The van der Waals surface area contributed by atoms with Crippen LogP contribution in [0.1, 0.15) is 75.8 Å². The molecule has 1 aromatic rings. The molecule has 0 radical (unpaired) electrons. The van der Waals surface area contributed by atoms with Crippen molar-refractivity contribution in [1.82, 2.24) is 0 Å². The minimum Gasteiger partial charge on any atom is -0.397 e. The Bertz CT molecular complexity index is 527. The summed E-state index contributed by atoms with van der Waals surface area (Å²) in [6.45, 7) is 18.2. The number of benzene rings is 1. The van der Waals surface area contributed by atoms with Crippen LogP contribution in [0.15, 0.2) is 6.07 Å². The van der Waals surface area contributed by atoms with Crippen molar-refractivity contribution in [3.05, 3.63) is 33.9 Å². The van der Waals surface area contributed by atoms with Crippen LogP contribution in [0.5, 0.6) is 0 Å². The van der Waals surface area contributed by atoms with Crippen molar-refractivity contribution < 1.29 is 10.2 Å². The minimum atomic E-state index is 0.149. The van der Waals surface area contributed by atoms with E-state index in [0.717, 1.165) is 5.56 Å². The van der Waals surface area contributed by atoms with E-state index in [1.807, 2.05) is 0 Å². The highest BCUT2D eigenvalue weighted by atomic mass is 16.3. The summed E-state index contributed by atoms with van der Waals surface area (Å²) in [4.78, 5) is 0. The van der Waals surface area contributed by atoms with E-state index in [9.17, 15) is 5.11 Å². The van der Waals surface area contributed by atoms with Gasteiger partial charge < -0.3 is 10.2 Å². The summed E-state index contributed by atoms with van der Waals surface area (Å²) < 4.78 is 0. The molecule has 0 saturated carbocycles. The normalized spacial score (nSPS) is 21.6. The molecule has 22 heavy (non-hydrogen) atoms. The second kappa shape index (κ2) is 6.72. The molecule has 2 N–H and O–H groups in total. The lowest BCUT2D eigenvalue weighted by Gasteiger charge is -2.48. The molecule has 2 rings (SSSR count). The Balaban J connectivity index is 0.000000745. The van der Waals surface area contributed by atoms with Crippen LogP contribution in [-0.2, 0) is 17.4 Å². The molecule has 0 heterocycles. The Labute approximate surface area is 136 Å². The molecular weight excluding hydrogens is 272 g/mol. The molecule has 1 aromatic carbocycles. The molecule has 1 aliphatic carbocycles. The Morgan fingerprint density at radius 2 is 1.64 bits per heavy atom. The van der Waals surface area contributed by atoms with Gasteiger partial charge in [0.2, 0.25) is 0 Å². The van der Waals surface area contributed by atoms with Crippen LogP contribution in [0.25, 0.3) is 0 Å². The third-order valence-electron chi connectivity index (χ3n) is 5.51. The second-order valence-corrected chi connectivity index (χ2v) is 7.90. The molecule has 0 saturated heterocycles. The van der Waals surface area contributed by atoms with Gasteiger partial charge in [-0.05, 0) is 71.8 Å². The monoisotopic (exact) mass is 306 g/mol. The molecule has 2 heteroatoms. The van der Waals surface area contributed by atoms with Crippen molar-refractivity contribution in [3.8, 4) is 0 Å². The lowest BCUT2D eigenvalue weighted by Crippen LogP contribution is -2.41. The van der Waals surface area contributed by atoms with Crippen LogP contribution in [0.4, 0.5) is 0 Å². The molecular formula is C20H34O2. The number of aliphatic hydroxyl groups excluding tert-OH is 2. The summed E-state index contributed by atoms with van der Waals surface area (Å²) in [5.74, 6) is 0.656. The Morgan fingerprint density at radius 1 is 1.14 bits per heavy atom. The van der Waals surface area contributed by atoms with Crippen molar-refractivity contribution in [3.63, 3.8) is 0 Å². The van der Waals surface area contributed by atoms with Gasteiger partial charge in [-0.15, -0.1) is 0 Å². The zero-order chi connectivity index (χ0) is 17.3. The van der Waals surface area contributed by atoms with Crippen LogP contribution in [0, 0.1) is 19.8 Å². The average molecular weight is 306 g/mol. The van der Waals surface area contributed by atoms with Gasteiger partial charge in [0.05, 0.1) is 6.61 Å². The molecule has 1 atom stereocenters. The second-order valence-electron chi connectivity index (χ2n) is 7.90. The molecule has 1 aliphatic rings. The predicted molar refractivity (Wildman–Crippen MR) is 94.4 cm³/mol. The van der Waals surface area contributed by atoms with Gasteiger partial charge in [-0.25, -0.2) is 0 Å². The van der Waals surface area contributed by atoms with Crippen LogP contribution >= 0.6 is 0 Å². The summed E-state index contributed by atoms with van der Waals surface area (Å²) in [5.41, 5.74) is 7.05. The largest absolute Gasteiger partial charge is 0.397 e. The summed E-state index contributed by atoms with van der Waals surface area (Å²) >= 11 is 0. The number of aliphatic hydroxyl groups is 2. The fourth-order valence-corrected chi connectivity index (χ4v) is 4.01. The number of rotatable bonds is 1. The van der Waals surface area contributed by atoms with Gasteiger partial charge in [-0.2, -0.15) is 0 Å². The van der Waals surface area contributed by atoms with E-state index in [1.54, 1.807) is 6.92 Å². The Kier molecular flexibility index (Phi) is 5.86. The molecule has 2 nitrogen and oxygen atoms in total. The molecule has 0 spiro atoms. The van der Waals surface area contributed by atoms with Crippen molar-refractivity contribution in [2.75, 3.05) is 6.61 Å².